The van der Waals surface area contributed by atoms with Crippen molar-refractivity contribution in [3.05, 3.63) is 71.5 Å². The number of hydrogen-bond acceptors (Lipinski definition) is 5. The molecule has 0 fully saturated rings. The minimum Gasteiger partial charge on any atom is -0.376 e. The molecule has 0 atom stereocenters. The second-order valence-electron chi connectivity index (χ2n) is 9.07. The third kappa shape index (κ3) is 4.49. The highest BCUT2D eigenvalue weighted by Crippen LogP contribution is 2.30. The molecule has 1 N–H and O–H groups in total. The quantitative estimate of drug-likeness (QED) is 0.368. The molecule has 196 valence electrons. The van der Waals surface area contributed by atoms with Gasteiger partial charge in [0.15, 0.2) is 0 Å². The zero-order valence-electron chi connectivity index (χ0n) is 20.8. The molecular formula is C26H24F3N7O2. The summed E-state index contributed by atoms with van der Waals surface area (Å²) < 4.78 is 42.2. The first-order valence-electron chi connectivity index (χ1n) is 11.7. The Kier molecular flexibility index (Phi) is 6.17. The zero-order valence-corrected chi connectivity index (χ0v) is 20.8. The number of alkyl halides is 3. The Morgan fingerprint density at radius 3 is 2.45 bits per heavy atom. The lowest BCUT2D eigenvalue weighted by molar-refractivity contribution is -0.138. The number of pyridine rings is 1. The minimum absolute atomic E-state index is 0.428. The summed E-state index contributed by atoms with van der Waals surface area (Å²) in [6, 6.07) is 12.5. The summed E-state index contributed by atoms with van der Waals surface area (Å²) in [4.78, 5) is 32.1. The van der Waals surface area contributed by atoms with Gasteiger partial charge in [-0.25, -0.2) is 4.79 Å². The van der Waals surface area contributed by atoms with E-state index in [4.69, 9.17) is 0 Å². The number of carbonyl (C=O) groups excluding carboxylic acids is 1. The van der Waals surface area contributed by atoms with Gasteiger partial charge in [0, 0.05) is 38.3 Å². The van der Waals surface area contributed by atoms with Crippen LogP contribution in [0.4, 0.5) is 18.9 Å². The third-order valence-corrected chi connectivity index (χ3v) is 6.31. The second kappa shape index (κ2) is 9.36. The first kappa shape index (κ1) is 25.1. The monoisotopic (exact) mass is 523 g/mol. The number of amides is 1. The van der Waals surface area contributed by atoms with Gasteiger partial charge in [-0.2, -0.15) is 18.3 Å². The van der Waals surface area contributed by atoms with Crippen molar-refractivity contribution >= 4 is 33.5 Å². The van der Waals surface area contributed by atoms with Crippen molar-refractivity contribution in [2.75, 3.05) is 25.5 Å². The largest absolute Gasteiger partial charge is 0.405 e. The van der Waals surface area contributed by atoms with E-state index in [9.17, 15) is 22.8 Å². The average molecular weight is 524 g/mol. The summed E-state index contributed by atoms with van der Waals surface area (Å²) in [5.41, 5.74) is 4.31. The Morgan fingerprint density at radius 1 is 1.03 bits per heavy atom. The van der Waals surface area contributed by atoms with E-state index in [-0.39, 0.29) is 0 Å². The Labute approximate surface area is 214 Å². The highest BCUT2D eigenvalue weighted by Gasteiger charge is 2.28. The molecular weight excluding hydrogens is 499 g/mol. The van der Waals surface area contributed by atoms with E-state index in [0.717, 1.165) is 22.0 Å². The van der Waals surface area contributed by atoms with Crippen molar-refractivity contribution < 1.29 is 18.0 Å². The van der Waals surface area contributed by atoms with Crippen LogP contribution in [0.1, 0.15) is 0 Å². The molecule has 1 amide bonds. The number of rotatable bonds is 6. The first-order chi connectivity index (χ1) is 18.0. The van der Waals surface area contributed by atoms with Crippen LogP contribution >= 0.6 is 0 Å². The molecule has 3 heterocycles. The number of benzene rings is 2. The van der Waals surface area contributed by atoms with E-state index >= 15 is 0 Å². The lowest BCUT2D eigenvalue weighted by Gasteiger charge is -2.15. The molecule has 38 heavy (non-hydrogen) atoms. The van der Waals surface area contributed by atoms with Crippen molar-refractivity contribution in [2.24, 2.45) is 7.05 Å². The number of para-hydroxylation sites is 1. The molecule has 0 spiro atoms. The standard InChI is InChI=1S/C26H24F3N7O2/c1-33(2)20-5-4-6-21-24(20)36(25(38)35(21)14-23(37)31-15-26(27,28)29)17-9-7-16(8-10-17)18-11-30-13-22-19(18)12-32-34(22)3/h4-13H,14-15H2,1-3H3,(H,31,37). The van der Waals surface area contributed by atoms with Gasteiger partial charge in [0.25, 0.3) is 0 Å². The van der Waals surface area contributed by atoms with Gasteiger partial charge in [-0.15, -0.1) is 0 Å². The lowest BCUT2D eigenvalue weighted by Crippen LogP contribution is -2.37. The van der Waals surface area contributed by atoms with E-state index in [0.29, 0.717) is 22.4 Å². The van der Waals surface area contributed by atoms with Crippen LogP contribution in [0.3, 0.4) is 0 Å². The number of imidazole rings is 1. The molecule has 5 aromatic rings. The SMILES string of the molecule is CN(C)c1cccc2c1n(-c1ccc(-c3cncc4c3cnn4C)cc1)c(=O)n2CC(=O)NCC(F)(F)F. The molecule has 2 aromatic carbocycles. The van der Waals surface area contributed by atoms with Gasteiger partial charge >= 0.3 is 11.9 Å². The molecule has 0 aliphatic heterocycles. The molecule has 0 saturated carbocycles. The van der Waals surface area contributed by atoms with Gasteiger partial charge in [0.05, 0.1) is 40.3 Å². The smallest absolute Gasteiger partial charge is 0.376 e. The molecule has 12 heteroatoms. The number of fused-ring (bicyclic) bond motifs is 2. The molecule has 0 unspecified atom stereocenters. The van der Waals surface area contributed by atoms with Gasteiger partial charge in [0.1, 0.15) is 13.1 Å². The predicted molar refractivity (Wildman–Crippen MR) is 138 cm³/mol. The van der Waals surface area contributed by atoms with E-state index in [2.05, 4.69) is 10.1 Å². The van der Waals surface area contributed by atoms with Gasteiger partial charge in [-0.05, 0) is 29.8 Å². The van der Waals surface area contributed by atoms with E-state index in [1.807, 2.05) is 49.6 Å². The van der Waals surface area contributed by atoms with Crippen LogP contribution in [0, 0.1) is 0 Å². The molecule has 9 nitrogen and oxygen atoms in total. The molecule has 0 saturated heterocycles. The van der Waals surface area contributed by atoms with Crippen LogP contribution in [0.5, 0.6) is 0 Å². The fourth-order valence-corrected chi connectivity index (χ4v) is 4.52. The number of hydrogen-bond donors (Lipinski definition) is 1. The van der Waals surface area contributed by atoms with Crippen LogP contribution in [-0.2, 0) is 18.4 Å². The lowest BCUT2D eigenvalue weighted by atomic mass is 10.0. The van der Waals surface area contributed by atoms with Crippen molar-refractivity contribution in [3.8, 4) is 16.8 Å². The van der Waals surface area contributed by atoms with Crippen molar-refractivity contribution in [3.63, 3.8) is 0 Å². The van der Waals surface area contributed by atoms with E-state index in [1.165, 1.54) is 9.13 Å². The maximum atomic E-state index is 13.6. The molecule has 5 rings (SSSR count). The molecule has 0 radical (unpaired) electrons. The normalized spacial score (nSPS) is 11.8. The third-order valence-electron chi connectivity index (χ3n) is 6.31. The zero-order chi connectivity index (χ0) is 27.2. The Morgan fingerprint density at radius 2 is 1.76 bits per heavy atom. The van der Waals surface area contributed by atoms with Crippen LogP contribution in [0.15, 0.2) is 65.8 Å². The van der Waals surface area contributed by atoms with Gasteiger partial charge in [0.2, 0.25) is 5.91 Å². The van der Waals surface area contributed by atoms with Crippen LogP contribution in [-0.4, -0.2) is 56.6 Å². The fourth-order valence-electron chi connectivity index (χ4n) is 4.52. The highest BCUT2D eigenvalue weighted by molar-refractivity contribution is 5.94. The number of halogens is 3. The van der Waals surface area contributed by atoms with Crippen molar-refractivity contribution in [2.45, 2.75) is 12.7 Å². The molecule has 0 aliphatic rings. The summed E-state index contributed by atoms with van der Waals surface area (Å²) in [6.07, 6.45) is 0.707. The van der Waals surface area contributed by atoms with Crippen LogP contribution in [0.2, 0.25) is 0 Å². The number of nitrogens with one attached hydrogen (secondary N) is 1. The van der Waals surface area contributed by atoms with Crippen LogP contribution < -0.4 is 15.9 Å². The molecule has 3 aromatic heterocycles. The summed E-state index contributed by atoms with van der Waals surface area (Å²) in [5, 5.41) is 7.07. The Bertz CT molecular complexity index is 1710. The molecule has 0 aliphatic carbocycles. The van der Waals surface area contributed by atoms with Gasteiger partial charge in [-0.1, -0.05) is 18.2 Å². The number of anilines is 1. The number of aromatic nitrogens is 5. The van der Waals surface area contributed by atoms with E-state index < -0.39 is 30.9 Å². The summed E-state index contributed by atoms with van der Waals surface area (Å²) in [6.45, 7) is -2.02. The van der Waals surface area contributed by atoms with E-state index in [1.54, 1.807) is 47.5 Å². The van der Waals surface area contributed by atoms with Gasteiger partial charge < -0.3 is 10.2 Å². The number of nitrogens with zero attached hydrogens (tertiary/aromatic N) is 6. The minimum atomic E-state index is -4.55. The first-order valence-corrected chi connectivity index (χ1v) is 11.7. The average Bonchev–Trinajstić information content (AvgIpc) is 3.39. The Balaban J connectivity index is 1.60. The highest BCUT2D eigenvalue weighted by atomic mass is 19.4. The van der Waals surface area contributed by atoms with Crippen molar-refractivity contribution in [1.82, 2.24) is 29.2 Å². The fraction of sp³-hybridized carbons (Fsp3) is 0.231. The maximum Gasteiger partial charge on any atom is 0.405 e. The predicted octanol–water partition coefficient (Wildman–Crippen LogP) is 3.49. The van der Waals surface area contributed by atoms with Gasteiger partial charge in [-0.3, -0.25) is 23.6 Å². The second-order valence-corrected chi connectivity index (χ2v) is 9.07. The number of carbonyl (C=O) groups is 1. The topological polar surface area (TPSA) is 90.0 Å². The summed E-state index contributed by atoms with van der Waals surface area (Å²) in [5.74, 6) is -0.911. The maximum absolute atomic E-state index is 13.6. The number of aryl methyl sites for hydroxylation is 1. The Hall–Kier alpha value is -4.61. The van der Waals surface area contributed by atoms with Crippen LogP contribution in [0.25, 0.3) is 38.8 Å². The summed E-state index contributed by atoms with van der Waals surface area (Å²) >= 11 is 0. The molecule has 0 bridgehead atoms. The summed E-state index contributed by atoms with van der Waals surface area (Å²) in [7, 11) is 5.48. The van der Waals surface area contributed by atoms with Crippen molar-refractivity contribution in [1.29, 1.82) is 0 Å².